The number of rotatable bonds is 10. The van der Waals surface area contributed by atoms with Crippen molar-refractivity contribution in [2.45, 2.75) is 50.9 Å². The van der Waals surface area contributed by atoms with Crippen LogP contribution in [0.25, 0.3) is 0 Å². The number of carbonyl (C=O) groups is 1. The molecule has 3 heterocycles. The molecule has 1 saturated heterocycles. The summed E-state index contributed by atoms with van der Waals surface area (Å²) < 4.78 is 11.1. The van der Waals surface area contributed by atoms with E-state index in [0.717, 1.165) is 32.5 Å². The largest absolute Gasteiger partial charge is 0.447 e. The topological polar surface area (TPSA) is 92.3 Å². The Bertz CT molecular complexity index is 687. The number of oxazole rings is 1. The molecule has 0 aromatic carbocycles. The Balaban J connectivity index is 1.40. The number of amides is 1. The summed E-state index contributed by atoms with van der Waals surface area (Å²) in [6.45, 7) is 5.60. The van der Waals surface area contributed by atoms with E-state index < -0.39 is 0 Å². The van der Waals surface area contributed by atoms with Gasteiger partial charge in [0.05, 0.1) is 12.6 Å². The van der Waals surface area contributed by atoms with Gasteiger partial charge in [-0.3, -0.25) is 9.69 Å². The number of hydrogen-bond acceptors (Lipinski definition) is 7. The van der Waals surface area contributed by atoms with Crippen molar-refractivity contribution < 1.29 is 13.9 Å². The molecule has 1 aromatic heterocycles. The third-order valence-corrected chi connectivity index (χ3v) is 4.64. The number of hydrogen-bond donors (Lipinski definition) is 1. The van der Waals surface area contributed by atoms with E-state index in [1.165, 1.54) is 6.26 Å². The third kappa shape index (κ3) is 4.90. The van der Waals surface area contributed by atoms with Crippen molar-refractivity contribution in [2.24, 2.45) is 10.2 Å². The van der Waals surface area contributed by atoms with Crippen molar-refractivity contribution in [1.29, 1.82) is 0 Å². The molecule has 2 aliphatic heterocycles. The lowest BCUT2D eigenvalue weighted by atomic mass is 10.0. The fourth-order valence-electron chi connectivity index (χ4n) is 3.13. The summed E-state index contributed by atoms with van der Waals surface area (Å²) in [7, 11) is 0. The summed E-state index contributed by atoms with van der Waals surface area (Å²) >= 11 is 0. The minimum Gasteiger partial charge on any atom is -0.447 e. The van der Waals surface area contributed by atoms with Crippen LogP contribution >= 0.6 is 0 Å². The number of aromatic nitrogens is 1. The standard InChI is InChI=1S/C18H25N5O3/c1-3-5-7-18(21-22-18)8-9-19-17(24)15-13-26-16(20-15)12-23-10-6-14(11-23)25-4-2/h1,13-14H,4-12H2,2H3,(H,19,24). The van der Waals surface area contributed by atoms with Crippen LogP contribution in [0.2, 0.25) is 0 Å². The summed E-state index contributed by atoms with van der Waals surface area (Å²) in [4.78, 5) is 18.7. The van der Waals surface area contributed by atoms with E-state index in [1.54, 1.807) is 0 Å². The molecule has 0 saturated carbocycles. The van der Waals surface area contributed by atoms with Crippen molar-refractivity contribution in [3.05, 3.63) is 17.8 Å². The molecule has 1 amide bonds. The van der Waals surface area contributed by atoms with Gasteiger partial charge in [0, 0.05) is 45.5 Å². The van der Waals surface area contributed by atoms with Crippen molar-refractivity contribution in [2.75, 3.05) is 26.2 Å². The Kier molecular flexibility index (Phi) is 6.01. The summed E-state index contributed by atoms with van der Waals surface area (Å²) in [6, 6.07) is 0. The van der Waals surface area contributed by atoms with E-state index in [2.05, 4.69) is 31.3 Å². The van der Waals surface area contributed by atoms with Crippen molar-refractivity contribution >= 4 is 5.91 Å². The highest BCUT2D eigenvalue weighted by Crippen LogP contribution is 2.36. The van der Waals surface area contributed by atoms with Gasteiger partial charge >= 0.3 is 0 Å². The van der Waals surface area contributed by atoms with E-state index in [0.29, 0.717) is 37.5 Å². The fourth-order valence-corrected chi connectivity index (χ4v) is 3.13. The molecule has 8 nitrogen and oxygen atoms in total. The summed E-state index contributed by atoms with van der Waals surface area (Å²) in [6.07, 6.45) is 9.97. The number of ether oxygens (including phenoxy) is 1. The van der Waals surface area contributed by atoms with E-state index >= 15 is 0 Å². The predicted molar refractivity (Wildman–Crippen MR) is 94.4 cm³/mol. The molecule has 2 aliphatic rings. The monoisotopic (exact) mass is 359 g/mol. The molecular formula is C18H25N5O3. The number of likely N-dealkylation sites (tertiary alicyclic amines) is 1. The van der Waals surface area contributed by atoms with Gasteiger partial charge < -0.3 is 14.5 Å². The van der Waals surface area contributed by atoms with Crippen LogP contribution in [0.3, 0.4) is 0 Å². The zero-order valence-electron chi connectivity index (χ0n) is 15.1. The van der Waals surface area contributed by atoms with Crippen molar-refractivity contribution in [3.63, 3.8) is 0 Å². The van der Waals surface area contributed by atoms with E-state index in [-0.39, 0.29) is 17.7 Å². The zero-order chi connectivity index (χ0) is 18.4. The molecule has 1 fully saturated rings. The van der Waals surface area contributed by atoms with Crippen LogP contribution in [0.1, 0.15) is 49.0 Å². The molecule has 26 heavy (non-hydrogen) atoms. The second-order valence-corrected chi connectivity index (χ2v) is 6.62. The van der Waals surface area contributed by atoms with Gasteiger partial charge in [-0.25, -0.2) is 4.98 Å². The zero-order valence-corrected chi connectivity index (χ0v) is 15.1. The lowest BCUT2D eigenvalue weighted by Gasteiger charge is -2.13. The maximum absolute atomic E-state index is 12.2. The number of carbonyl (C=O) groups excluding carboxylic acids is 1. The average molecular weight is 359 g/mol. The summed E-state index contributed by atoms with van der Waals surface area (Å²) in [5, 5.41) is 10.9. The Hall–Kier alpha value is -2.24. The normalized spacial score (nSPS) is 20.8. The highest BCUT2D eigenvalue weighted by atomic mass is 16.5. The summed E-state index contributed by atoms with van der Waals surface area (Å²) in [5.41, 5.74) is -0.0931. The highest BCUT2D eigenvalue weighted by Gasteiger charge is 2.38. The molecule has 0 bridgehead atoms. The van der Waals surface area contributed by atoms with Gasteiger partial charge in [-0.2, -0.15) is 10.2 Å². The molecule has 8 heteroatoms. The third-order valence-electron chi connectivity index (χ3n) is 4.64. The average Bonchev–Trinajstić information content (AvgIpc) is 3.03. The van der Waals surface area contributed by atoms with Crippen LogP contribution in [0.5, 0.6) is 0 Å². The quantitative estimate of drug-likeness (QED) is 0.645. The SMILES string of the molecule is C#CCCC1(CCNC(=O)c2coc(CN3CCC(OCC)C3)n2)N=N1. The molecule has 140 valence electrons. The molecule has 0 spiro atoms. The van der Waals surface area contributed by atoms with E-state index in [4.69, 9.17) is 15.6 Å². The van der Waals surface area contributed by atoms with Crippen LogP contribution in [0.4, 0.5) is 0 Å². The first-order valence-electron chi connectivity index (χ1n) is 9.08. The van der Waals surface area contributed by atoms with Gasteiger partial charge in [0.1, 0.15) is 6.26 Å². The van der Waals surface area contributed by atoms with Crippen LogP contribution in [-0.2, 0) is 11.3 Å². The maximum Gasteiger partial charge on any atom is 0.273 e. The Labute approximate surface area is 153 Å². The predicted octanol–water partition coefficient (Wildman–Crippen LogP) is 1.98. The molecule has 0 radical (unpaired) electrons. The van der Waals surface area contributed by atoms with Crippen LogP contribution in [0.15, 0.2) is 20.9 Å². The molecule has 1 unspecified atom stereocenters. The second kappa shape index (κ2) is 8.43. The van der Waals surface area contributed by atoms with Gasteiger partial charge in [-0.15, -0.1) is 12.3 Å². The number of nitrogens with zero attached hydrogens (tertiary/aromatic N) is 4. The molecule has 1 N–H and O–H groups in total. The minimum atomic E-state index is -0.387. The molecule has 1 atom stereocenters. The fraction of sp³-hybridized carbons (Fsp3) is 0.667. The van der Waals surface area contributed by atoms with Crippen LogP contribution in [0, 0.1) is 12.3 Å². The van der Waals surface area contributed by atoms with E-state index in [9.17, 15) is 4.79 Å². The lowest BCUT2D eigenvalue weighted by Crippen LogP contribution is -2.28. The Morgan fingerprint density at radius 3 is 3.12 bits per heavy atom. The summed E-state index contributed by atoms with van der Waals surface area (Å²) in [5.74, 6) is 2.89. The Morgan fingerprint density at radius 2 is 2.38 bits per heavy atom. The van der Waals surface area contributed by atoms with Crippen molar-refractivity contribution in [1.82, 2.24) is 15.2 Å². The number of nitrogens with one attached hydrogen (secondary N) is 1. The first-order chi connectivity index (χ1) is 12.6. The van der Waals surface area contributed by atoms with Crippen molar-refractivity contribution in [3.8, 4) is 12.3 Å². The van der Waals surface area contributed by atoms with Crippen LogP contribution < -0.4 is 5.32 Å². The van der Waals surface area contributed by atoms with Gasteiger partial charge in [0.2, 0.25) is 5.89 Å². The lowest BCUT2D eigenvalue weighted by molar-refractivity contribution is 0.0675. The Morgan fingerprint density at radius 1 is 1.54 bits per heavy atom. The highest BCUT2D eigenvalue weighted by molar-refractivity contribution is 5.91. The minimum absolute atomic E-state index is 0.249. The molecule has 0 aliphatic carbocycles. The van der Waals surface area contributed by atoms with Gasteiger partial charge in [-0.05, 0) is 13.3 Å². The van der Waals surface area contributed by atoms with Gasteiger partial charge in [0.15, 0.2) is 11.4 Å². The second-order valence-electron chi connectivity index (χ2n) is 6.62. The molecular weight excluding hydrogens is 334 g/mol. The smallest absolute Gasteiger partial charge is 0.273 e. The number of terminal acetylenes is 1. The van der Waals surface area contributed by atoms with Gasteiger partial charge in [-0.1, -0.05) is 0 Å². The van der Waals surface area contributed by atoms with E-state index in [1.807, 2.05) is 6.92 Å². The van der Waals surface area contributed by atoms with Gasteiger partial charge in [0.25, 0.3) is 5.91 Å². The first-order valence-corrected chi connectivity index (χ1v) is 9.08. The van der Waals surface area contributed by atoms with Crippen LogP contribution in [-0.4, -0.2) is 53.8 Å². The first kappa shape index (κ1) is 18.5. The molecule has 3 rings (SSSR count). The maximum atomic E-state index is 12.2. The molecule has 1 aromatic rings.